The second kappa shape index (κ2) is 11.2. The molecule has 13 aromatic rings. The van der Waals surface area contributed by atoms with Gasteiger partial charge < -0.3 is 4.42 Å². The molecule has 13 rings (SSSR count). The molecule has 0 fully saturated rings. The Hall–Kier alpha value is -7.73. The van der Waals surface area contributed by atoms with E-state index >= 15 is 0 Å². The van der Waals surface area contributed by atoms with Crippen LogP contribution in [0.1, 0.15) is 5.56 Å². The molecule has 260 valence electrons. The fourth-order valence-electron chi connectivity index (χ4n) is 10.1. The lowest BCUT2D eigenvalue weighted by atomic mass is 9.85. The third kappa shape index (κ3) is 4.13. The first-order valence-corrected chi connectivity index (χ1v) is 19.5. The zero-order chi connectivity index (χ0) is 37.4. The van der Waals surface area contributed by atoms with Crippen molar-refractivity contribution in [2.24, 2.45) is 0 Å². The summed E-state index contributed by atoms with van der Waals surface area (Å²) in [5.41, 5.74) is 7.23. The Morgan fingerprint density at radius 3 is 1.54 bits per heavy atom. The minimum atomic E-state index is 0.670. The molecular weight excluding hydrogens is 691 g/mol. The number of hydrogen-bond acceptors (Lipinski definition) is 2. The van der Waals surface area contributed by atoms with Crippen LogP contribution < -0.4 is 0 Å². The van der Waals surface area contributed by atoms with E-state index in [9.17, 15) is 5.26 Å². The van der Waals surface area contributed by atoms with E-state index in [2.05, 4.69) is 170 Å². The highest BCUT2D eigenvalue weighted by Gasteiger charge is 2.19. The molecule has 0 aliphatic carbocycles. The van der Waals surface area contributed by atoms with E-state index < -0.39 is 0 Å². The van der Waals surface area contributed by atoms with Gasteiger partial charge in [-0.25, -0.2) is 0 Å². The summed E-state index contributed by atoms with van der Waals surface area (Å²) in [6, 6.07) is 66.2. The molecule has 2 nitrogen and oxygen atoms in total. The Kier molecular flexibility index (Phi) is 5.99. The smallest absolute Gasteiger partial charge is 0.136 e. The number of furan rings is 1. The van der Waals surface area contributed by atoms with Crippen LogP contribution in [-0.4, -0.2) is 0 Å². The van der Waals surface area contributed by atoms with E-state index in [4.69, 9.17) is 4.42 Å². The molecule has 12 aromatic carbocycles. The molecule has 0 bridgehead atoms. The van der Waals surface area contributed by atoms with Crippen molar-refractivity contribution in [2.75, 3.05) is 0 Å². The molecule has 0 spiro atoms. The highest BCUT2D eigenvalue weighted by Crippen LogP contribution is 2.47. The van der Waals surface area contributed by atoms with Crippen molar-refractivity contribution >= 4 is 108 Å². The molecule has 0 atom stereocenters. The van der Waals surface area contributed by atoms with Gasteiger partial charge in [0.1, 0.15) is 11.2 Å². The zero-order valence-corrected chi connectivity index (χ0v) is 30.6. The second-order valence-electron chi connectivity index (χ2n) is 15.4. The topological polar surface area (TPSA) is 36.9 Å². The highest BCUT2D eigenvalue weighted by molar-refractivity contribution is 6.36. The van der Waals surface area contributed by atoms with E-state index in [0.717, 1.165) is 22.1 Å². The van der Waals surface area contributed by atoms with Crippen LogP contribution in [0, 0.1) is 11.3 Å². The maximum absolute atomic E-state index is 9.39. The van der Waals surface area contributed by atoms with Crippen LogP contribution in [0.3, 0.4) is 0 Å². The molecular formula is C55H29NO. The van der Waals surface area contributed by atoms with Crippen molar-refractivity contribution < 1.29 is 4.42 Å². The van der Waals surface area contributed by atoms with E-state index in [1.54, 1.807) is 0 Å². The van der Waals surface area contributed by atoms with Crippen LogP contribution in [0.15, 0.2) is 180 Å². The Bertz CT molecular complexity index is 3900. The van der Waals surface area contributed by atoms with Gasteiger partial charge in [0.05, 0.1) is 11.6 Å². The number of fused-ring (bicyclic) bond motifs is 13. The Morgan fingerprint density at radius 2 is 0.842 bits per heavy atom. The van der Waals surface area contributed by atoms with Crippen LogP contribution in [0.2, 0.25) is 0 Å². The third-order valence-corrected chi connectivity index (χ3v) is 12.6. The lowest BCUT2D eigenvalue weighted by Crippen LogP contribution is -1.91. The largest absolute Gasteiger partial charge is 0.456 e. The summed E-state index contributed by atoms with van der Waals surface area (Å²) >= 11 is 0. The monoisotopic (exact) mass is 719 g/mol. The minimum Gasteiger partial charge on any atom is -0.456 e. The maximum Gasteiger partial charge on any atom is 0.136 e. The van der Waals surface area contributed by atoms with Gasteiger partial charge in [-0.05, 0) is 145 Å². The quantitative estimate of drug-likeness (QED) is 0.132. The molecule has 0 aliphatic rings. The summed E-state index contributed by atoms with van der Waals surface area (Å²) in [6.07, 6.45) is 0. The first-order valence-electron chi connectivity index (χ1n) is 19.5. The van der Waals surface area contributed by atoms with Crippen molar-refractivity contribution in [1.82, 2.24) is 0 Å². The fourth-order valence-corrected chi connectivity index (χ4v) is 10.1. The van der Waals surface area contributed by atoms with Gasteiger partial charge in [-0.3, -0.25) is 0 Å². The fraction of sp³-hybridized carbons (Fsp3) is 0. The van der Waals surface area contributed by atoms with Crippen molar-refractivity contribution in [1.29, 1.82) is 5.26 Å². The van der Waals surface area contributed by atoms with Gasteiger partial charge in [0, 0.05) is 10.8 Å². The van der Waals surface area contributed by atoms with Crippen molar-refractivity contribution in [3.63, 3.8) is 0 Å². The van der Waals surface area contributed by atoms with E-state index in [1.165, 1.54) is 108 Å². The molecule has 1 heterocycles. The van der Waals surface area contributed by atoms with Gasteiger partial charge in [-0.2, -0.15) is 5.26 Å². The summed E-state index contributed by atoms with van der Waals surface area (Å²) in [7, 11) is 0. The predicted octanol–water partition coefficient (Wildman–Crippen LogP) is 15.5. The number of hydrogen-bond donors (Lipinski definition) is 0. The van der Waals surface area contributed by atoms with Crippen LogP contribution in [0.5, 0.6) is 0 Å². The Balaban J connectivity index is 1.05. The van der Waals surface area contributed by atoms with Crippen LogP contribution in [0.4, 0.5) is 0 Å². The lowest BCUT2D eigenvalue weighted by molar-refractivity contribution is 0.670. The van der Waals surface area contributed by atoms with E-state index in [1.807, 2.05) is 12.1 Å². The molecule has 0 radical (unpaired) electrons. The summed E-state index contributed by atoms with van der Waals surface area (Å²) in [5.74, 6) is 0. The summed E-state index contributed by atoms with van der Waals surface area (Å²) in [5, 5.41) is 31.7. The Labute approximate surface area is 326 Å². The van der Waals surface area contributed by atoms with E-state index in [0.29, 0.717) is 5.56 Å². The SMILES string of the molecule is N#Cc1ccc(-c2ccc3c4cccc5c(-c6ccc7c(c6)c6ccccc6c6cc8c(cc76)oc6ccc7ccccc7c68)ccc(c6cccc2c36)c54)cc1. The lowest BCUT2D eigenvalue weighted by Gasteiger charge is -2.18. The van der Waals surface area contributed by atoms with Crippen molar-refractivity contribution in [3.8, 4) is 28.3 Å². The van der Waals surface area contributed by atoms with Gasteiger partial charge >= 0.3 is 0 Å². The third-order valence-electron chi connectivity index (χ3n) is 12.6. The van der Waals surface area contributed by atoms with Crippen molar-refractivity contribution in [2.45, 2.75) is 0 Å². The average molecular weight is 720 g/mol. The summed E-state index contributed by atoms with van der Waals surface area (Å²) in [6.45, 7) is 0. The van der Waals surface area contributed by atoms with Gasteiger partial charge in [-0.15, -0.1) is 0 Å². The molecule has 57 heavy (non-hydrogen) atoms. The molecule has 0 saturated heterocycles. The summed E-state index contributed by atoms with van der Waals surface area (Å²) < 4.78 is 6.58. The number of benzene rings is 12. The molecule has 0 amide bonds. The van der Waals surface area contributed by atoms with Crippen molar-refractivity contribution in [3.05, 3.63) is 181 Å². The van der Waals surface area contributed by atoms with Crippen LogP contribution in [0.25, 0.3) is 130 Å². The van der Waals surface area contributed by atoms with Crippen LogP contribution >= 0.6 is 0 Å². The normalized spacial score (nSPS) is 12.2. The molecule has 2 heteroatoms. The molecule has 0 aliphatic heterocycles. The maximum atomic E-state index is 9.39. The highest BCUT2D eigenvalue weighted by atomic mass is 16.3. The molecule has 0 saturated carbocycles. The predicted molar refractivity (Wildman–Crippen MR) is 241 cm³/mol. The molecule has 0 unspecified atom stereocenters. The van der Waals surface area contributed by atoms with Crippen LogP contribution in [-0.2, 0) is 0 Å². The first kappa shape index (κ1) is 30.6. The standard InChI is InChI=1S/C55H29NO/c56-30-31-15-17-33(18-16-31)35-22-24-45-44-14-6-12-42-36(23-25-46(54(42)44)43-13-5-11-41(35)53(43)45)34-19-21-40-47(27-34)38-9-3-4-10-39(38)48-28-50-52(29-49(40)48)57-51-26-20-32-7-1-2-8-37(32)55(50)51/h1-29H. The Morgan fingerprint density at radius 1 is 0.316 bits per heavy atom. The second-order valence-corrected chi connectivity index (χ2v) is 15.4. The molecule has 1 aromatic heterocycles. The summed E-state index contributed by atoms with van der Waals surface area (Å²) in [4.78, 5) is 0. The average Bonchev–Trinajstić information content (AvgIpc) is 3.65. The van der Waals surface area contributed by atoms with Gasteiger partial charge in [0.2, 0.25) is 0 Å². The minimum absolute atomic E-state index is 0.670. The number of nitrogens with zero attached hydrogens (tertiary/aromatic N) is 1. The zero-order valence-electron chi connectivity index (χ0n) is 30.6. The number of rotatable bonds is 2. The van der Waals surface area contributed by atoms with Gasteiger partial charge in [-0.1, -0.05) is 140 Å². The van der Waals surface area contributed by atoms with Gasteiger partial charge in [0.15, 0.2) is 0 Å². The number of nitriles is 1. The first-order chi connectivity index (χ1) is 28.2. The van der Waals surface area contributed by atoms with Gasteiger partial charge in [0.25, 0.3) is 0 Å². The molecule has 0 N–H and O–H groups in total. The van der Waals surface area contributed by atoms with E-state index in [-0.39, 0.29) is 0 Å².